The zero-order valence-corrected chi connectivity index (χ0v) is 6.98. The molecule has 5 N–H and O–H groups in total. The van der Waals surface area contributed by atoms with Crippen molar-refractivity contribution in [3.8, 4) is 0 Å². The molecule has 0 saturated heterocycles. The molecule has 0 bridgehead atoms. The Labute approximate surface area is 69.6 Å². The molecule has 0 heterocycles. The molecule has 1 rings (SSSR count). The number of nitrogens with two attached hydrogens (primary N) is 2. The van der Waals surface area contributed by atoms with Crippen LogP contribution < -0.4 is 11.5 Å². The lowest BCUT2D eigenvalue weighted by atomic mass is 10.2. The molecule has 60 valence electrons. The number of hydrogen-bond acceptors (Lipinski definition) is 4. The summed E-state index contributed by atoms with van der Waals surface area (Å²) in [6.07, 6.45) is 0. The van der Waals surface area contributed by atoms with Crippen molar-refractivity contribution in [2.24, 2.45) is 0 Å². The quantitative estimate of drug-likeness (QED) is 0.443. The molecule has 0 unspecified atom stereocenters. The highest BCUT2D eigenvalue weighted by atomic mass is 32.2. The number of rotatable bonds is 1. The van der Waals surface area contributed by atoms with E-state index >= 15 is 0 Å². The fraction of sp³-hybridized carbons (Fsp3) is 0.143. The minimum absolute atomic E-state index is 0.507. The van der Waals surface area contributed by atoms with Gasteiger partial charge in [0.05, 0.1) is 11.4 Å². The first-order valence-electron chi connectivity index (χ1n) is 3.12. The highest BCUT2D eigenvalue weighted by molar-refractivity contribution is 7.93. The van der Waals surface area contributed by atoms with Gasteiger partial charge in [0.25, 0.3) is 0 Å². The van der Waals surface area contributed by atoms with Crippen molar-refractivity contribution in [2.75, 3.05) is 11.5 Å². The lowest BCUT2D eigenvalue weighted by Crippen LogP contribution is -1.95. The molecular formula is C7H10N2OS. The summed E-state index contributed by atoms with van der Waals surface area (Å²) in [7, 11) is 0. The van der Waals surface area contributed by atoms with Crippen molar-refractivity contribution in [1.29, 1.82) is 0 Å². The predicted octanol–water partition coefficient (Wildman–Crippen LogP) is 1.72. The van der Waals surface area contributed by atoms with Crippen molar-refractivity contribution >= 4 is 23.4 Å². The van der Waals surface area contributed by atoms with Crippen molar-refractivity contribution in [3.05, 3.63) is 17.7 Å². The summed E-state index contributed by atoms with van der Waals surface area (Å²) in [6.45, 7) is 1.87. The van der Waals surface area contributed by atoms with Crippen LogP contribution in [0.4, 0.5) is 11.4 Å². The Kier molecular flexibility index (Phi) is 2.26. The Hall–Kier alpha value is -0.870. The van der Waals surface area contributed by atoms with Crippen molar-refractivity contribution in [3.63, 3.8) is 0 Å². The summed E-state index contributed by atoms with van der Waals surface area (Å²) in [4.78, 5) is 0.747. The maximum Gasteiger partial charge on any atom is 0.0560 e. The van der Waals surface area contributed by atoms with Crippen molar-refractivity contribution in [2.45, 2.75) is 11.8 Å². The van der Waals surface area contributed by atoms with Crippen LogP contribution in [0.25, 0.3) is 0 Å². The topological polar surface area (TPSA) is 72.3 Å². The van der Waals surface area contributed by atoms with E-state index in [1.807, 2.05) is 6.92 Å². The van der Waals surface area contributed by atoms with E-state index in [0.29, 0.717) is 23.4 Å². The van der Waals surface area contributed by atoms with E-state index in [9.17, 15) is 0 Å². The average molecular weight is 170 g/mol. The van der Waals surface area contributed by atoms with Gasteiger partial charge >= 0.3 is 0 Å². The van der Waals surface area contributed by atoms with Gasteiger partial charge in [-0.25, -0.2) is 0 Å². The summed E-state index contributed by atoms with van der Waals surface area (Å²) in [6, 6.07) is 3.41. The summed E-state index contributed by atoms with van der Waals surface area (Å²) >= 11 is 0.683. The lowest BCUT2D eigenvalue weighted by molar-refractivity contribution is 0.663. The van der Waals surface area contributed by atoms with Crippen LogP contribution in [-0.2, 0) is 0 Å². The van der Waals surface area contributed by atoms with Crippen LogP contribution in [0.1, 0.15) is 5.56 Å². The molecule has 0 aliphatic rings. The van der Waals surface area contributed by atoms with Crippen LogP contribution in [0.15, 0.2) is 17.0 Å². The standard InChI is InChI=1S/C7H10N2OS/c1-4-2-5(8)6(9)3-7(4)11-10/h2-3,10H,8-9H2,1H3. The largest absolute Gasteiger partial charge is 0.397 e. The van der Waals surface area contributed by atoms with Crippen LogP contribution in [0.5, 0.6) is 0 Å². The van der Waals surface area contributed by atoms with Gasteiger partial charge in [0, 0.05) is 16.9 Å². The van der Waals surface area contributed by atoms with Crippen LogP contribution in [-0.4, -0.2) is 4.55 Å². The molecule has 0 fully saturated rings. The Balaban J connectivity index is 3.21. The van der Waals surface area contributed by atoms with Gasteiger partial charge in [-0.05, 0) is 24.6 Å². The number of aryl methyl sites for hydroxylation is 1. The fourth-order valence-corrected chi connectivity index (χ4v) is 1.21. The molecular weight excluding hydrogens is 160 g/mol. The summed E-state index contributed by atoms with van der Waals surface area (Å²) in [5, 5.41) is 0. The third-order valence-corrected chi connectivity index (χ3v) is 2.12. The van der Waals surface area contributed by atoms with Gasteiger partial charge in [-0.3, -0.25) is 0 Å². The predicted molar refractivity (Wildman–Crippen MR) is 48.5 cm³/mol. The van der Waals surface area contributed by atoms with Gasteiger partial charge in [0.2, 0.25) is 0 Å². The molecule has 0 saturated carbocycles. The second kappa shape index (κ2) is 3.02. The van der Waals surface area contributed by atoms with Gasteiger partial charge in [-0.2, -0.15) is 0 Å². The number of benzene rings is 1. The van der Waals surface area contributed by atoms with E-state index in [0.717, 1.165) is 10.5 Å². The molecule has 4 heteroatoms. The van der Waals surface area contributed by atoms with E-state index in [-0.39, 0.29) is 0 Å². The van der Waals surface area contributed by atoms with Crippen LogP contribution in [0, 0.1) is 6.92 Å². The minimum Gasteiger partial charge on any atom is -0.397 e. The van der Waals surface area contributed by atoms with Crippen molar-refractivity contribution in [1.82, 2.24) is 0 Å². The van der Waals surface area contributed by atoms with E-state index in [2.05, 4.69) is 0 Å². The highest BCUT2D eigenvalue weighted by Crippen LogP contribution is 2.26. The zero-order valence-electron chi connectivity index (χ0n) is 6.16. The molecule has 0 aliphatic heterocycles. The summed E-state index contributed by atoms with van der Waals surface area (Å²) in [5.41, 5.74) is 13.0. The van der Waals surface area contributed by atoms with E-state index < -0.39 is 0 Å². The molecule has 1 aromatic rings. The third kappa shape index (κ3) is 1.58. The van der Waals surface area contributed by atoms with Crippen LogP contribution in [0.2, 0.25) is 0 Å². The van der Waals surface area contributed by atoms with Crippen molar-refractivity contribution < 1.29 is 4.55 Å². The summed E-state index contributed by atoms with van der Waals surface area (Å²) < 4.78 is 8.75. The van der Waals surface area contributed by atoms with Gasteiger partial charge in [0.15, 0.2) is 0 Å². The van der Waals surface area contributed by atoms with E-state index in [1.165, 1.54) is 0 Å². The third-order valence-electron chi connectivity index (χ3n) is 1.48. The smallest absolute Gasteiger partial charge is 0.0560 e. The van der Waals surface area contributed by atoms with E-state index in [4.69, 9.17) is 16.0 Å². The monoisotopic (exact) mass is 170 g/mol. The number of nitrogen functional groups attached to an aromatic ring is 2. The molecule has 0 aromatic heterocycles. The van der Waals surface area contributed by atoms with E-state index in [1.54, 1.807) is 12.1 Å². The first-order chi connectivity index (χ1) is 5.15. The molecule has 0 spiro atoms. The minimum atomic E-state index is 0.507. The second-order valence-electron chi connectivity index (χ2n) is 2.34. The Bertz CT molecular complexity index is 275. The number of anilines is 2. The maximum absolute atomic E-state index is 8.75. The Morgan fingerprint density at radius 3 is 2.36 bits per heavy atom. The molecule has 0 atom stereocenters. The van der Waals surface area contributed by atoms with Crippen LogP contribution >= 0.6 is 12.0 Å². The fourth-order valence-electron chi connectivity index (χ4n) is 0.824. The molecule has 0 aliphatic carbocycles. The highest BCUT2D eigenvalue weighted by Gasteiger charge is 2.01. The normalized spacial score (nSPS) is 10.0. The second-order valence-corrected chi connectivity index (χ2v) is 2.96. The number of hydrogen-bond donors (Lipinski definition) is 3. The van der Waals surface area contributed by atoms with Gasteiger partial charge in [-0.15, -0.1) is 0 Å². The summed E-state index contributed by atoms with van der Waals surface area (Å²) in [5.74, 6) is 0. The lowest BCUT2D eigenvalue weighted by Gasteiger charge is -2.04. The van der Waals surface area contributed by atoms with Gasteiger partial charge in [-0.1, -0.05) is 0 Å². The first-order valence-corrected chi connectivity index (χ1v) is 3.89. The maximum atomic E-state index is 8.75. The van der Waals surface area contributed by atoms with Crippen LogP contribution in [0.3, 0.4) is 0 Å². The molecule has 0 radical (unpaired) electrons. The Morgan fingerprint density at radius 1 is 1.27 bits per heavy atom. The molecule has 3 nitrogen and oxygen atoms in total. The zero-order chi connectivity index (χ0) is 8.43. The SMILES string of the molecule is Cc1cc(N)c(N)cc1SO. The first kappa shape index (κ1) is 8.23. The molecule has 1 aromatic carbocycles. The van der Waals surface area contributed by atoms with Gasteiger partial charge in [0.1, 0.15) is 0 Å². The van der Waals surface area contributed by atoms with Gasteiger partial charge < -0.3 is 16.0 Å². The average Bonchev–Trinajstić information content (AvgIpc) is 1.97. The molecule has 0 amide bonds. The molecule has 11 heavy (non-hydrogen) atoms. The Morgan fingerprint density at radius 2 is 1.82 bits per heavy atom.